The van der Waals surface area contributed by atoms with E-state index < -0.39 is 10.8 Å². The Kier molecular flexibility index (Phi) is 5.25. The summed E-state index contributed by atoms with van der Waals surface area (Å²) in [5.74, 6) is 0.496. The van der Waals surface area contributed by atoms with Crippen LogP contribution in [0.5, 0.6) is 0 Å². The van der Waals surface area contributed by atoms with E-state index in [9.17, 15) is 9.00 Å². The van der Waals surface area contributed by atoms with Crippen molar-refractivity contribution in [1.29, 1.82) is 0 Å². The average Bonchev–Trinajstić information content (AvgIpc) is 2.63. The first-order valence-electron chi connectivity index (χ1n) is 8.03. The van der Waals surface area contributed by atoms with Crippen molar-refractivity contribution in [2.24, 2.45) is 0 Å². The smallest absolute Gasteiger partial charge is 0.321 e. The fraction of sp³-hybridized carbons (Fsp3) is 0.333. The molecule has 1 fully saturated rings. The molecule has 2 heterocycles. The summed E-state index contributed by atoms with van der Waals surface area (Å²) in [5, 5.41) is 2.91. The Hall–Kier alpha value is -2.21. The van der Waals surface area contributed by atoms with Gasteiger partial charge in [-0.2, -0.15) is 0 Å². The number of carbonyl (C=O) groups is 1. The molecule has 1 atom stereocenters. The second kappa shape index (κ2) is 7.57. The zero-order valence-corrected chi connectivity index (χ0v) is 14.5. The number of carbonyl (C=O) groups excluding carboxylic acids is 1. The Labute approximate surface area is 144 Å². The maximum absolute atomic E-state index is 12.4. The number of hydrogen-bond donors (Lipinski definition) is 1. The van der Waals surface area contributed by atoms with Gasteiger partial charge in [0, 0.05) is 53.1 Å². The number of benzene rings is 1. The summed E-state index contributed by atoms with van der Waals surface area (Å²) in [4.78, 5) is 19.0. The highest BCUT2D eigenvalue weighted by Gasteiger charge is 2.23. The van der Waals surface area contributed by atoms with Gasteiger partial charge >= 0.3 is 6.03 Å². The van der Waals surface area contributed by atoms with Gasteiger partial charge in [0.1, 0.15) is 0 Å². The summed E-state index contributed by atoms with van der Waals surface area (Å²) in [6.07, 6.45) is 7.21. The van der Waals surface area contributed by atoms with Crippen molar-refractivity contribution in [3.8, 4) is 0 Å². The van der Waals surface area contributed by atoms with E-state index >= 15 is 0 Å². The monoisotopic (exact) mass is 343 g/mol. The summed E-state index contributed by atoms with van der Waals surface area (Å²) in [7, 11) is -1.00. The van der Waals surface area contributed by atoms with Crippen LogP contribution >= 0.6 is 0 Å². The Morgan fingerprint density at radius 2 is 1.75 bits per heavy atom. The molecule has 2 aromatic rings. The van der Waals surface area contributed by atoms with Crippen LogP contribution in [-0.2, 0) is 10.8 Å². The van der Waals surface area contributed by atoms with Gasteiger partial charge in [0.25, 0.3) is 0 Å². The predicted octanol–water partition coefficient (Wildman–Crippen LogP) is 3.23. The van der Waals surface area contributed by atoms with Crippen molar-refractivity contribution < 1.29 is 9.00 Å². The lowest BCUT2D eigenvalue weighted by Gasteiger charge is -2.32. The van der Waals surface area contributed by atoms with Gasteiger partial charge in [0.2, 0.25) is 0 Å². The van der Waals surface area contributed by atoms with Crippen LogP contribution in [0, 0.1) is 0 Å². The largest absolute Gasteiger partial charge is 0.324 e. The molecular weight excluding hydrogens is 322 g/mol. The van der Waals surface area contributed by atoms with Gasteiger partial charge in [0.15, 0.2) is 0 Å². The maximum atomic E-state index is 12.4. The molecular formula is C18H21N3O2S. The van der Waals surface area contributed by atoms with Gasteiger partial charge in [-0.3, -0.25) is 9.19 Å². The molecule has 0 saturated carbocycles. The van der Waals surface area contributed by atoms with Crippen LogP contribution in [0.15, 0.2) is 53.7 Å². The lowest BCUT2D eigenvalue weighted by atomic mass is 9.90. The minimum atomic E-state index is -1.00. The molecule has 1 aliphatic heterocycles. The molecule has 1 aliphatic rings. The zero-order valence-electron chi connectivity index (χ0n) is 13.6. The van der Waals surface area contributed by atoms with Gasteiger partial charge < -0.3 is 10.2 Å². The second-order valence-electron chi connectivity index (χ2n) is 5.95. The molecule has 2 amide bonds. The molecule has 1 unspecified atom stereocenters. The lowest BCUT2D eigenvalue weighted by Crippen LogP contribution is -2.40. The van der Waals surface area contributed by atoms with E-state index in [0.29, 0.717) is 5.92 Å². The van der Waals surface area contributed by atoms with Crippen LogP contribution in [0.1, 0.15) is 24.3 Å². The van der Waals surface area contributed by atoms with Crippen LogP contribution in [0.4, 0.5) is 10.5 Å². The van der Waals surface area contributed by atoms with E-state index in [0.717, 1.165) is 36.5 Å². The minimum Gasteiger partial charge on any atom is -0.324 e. The quantitative estimate of drug-likeness (QED) is 0.931. The van der Waals surface area contributed by atoms with Gasteiger partial charge in [-0.25, -0.2) is 4.79 Å². The van der Waals surface area contributed by atoms with E-state index in [1.54, 1.807) is 30.5 Å². The summed E-state index contributed by atoms with van der Waals surface area (Å²) >= 11 is 0. The van der Waals surface area contributed by atoms with Crippen LogP contribution in [0.25, 0.3) is 0 Å². The fourth-order valence-electron chi connectivity index (χ4n) is 2.98. The van der Waals surface area contributed by atoms with Gasteiger partial charge in [0.05, 0.1) is 0 Å². The Morgan fingerprint density at radius 3 is 2.33 bits per heavy atom. The highest BCUT2D eigenvalue weighted by Crippen LogP contribution is 2.27. The van der Waals surface area contributed by atoms with E-state index in [1.807, 2.05) is 17.3 Å². The van der Waals surface area contributed by atoms with Gasteiger partial charge in [-0.05, 0) is 60.7 Å². The molecule has 5 nitrogen and oxygen atoms in total. The van der Waals surface area contributed by atoms with E-state index in [1.165, 1.54) is 5.56 Å². The molecule has 0 spiro atoms. The number of likely N-dealkylation sites (tertiary alicyclic amines) is 1. The van der Waals surface area contributed by atoms with Crippen molar-refractivity contribution in [3.63, 3.8) is 0 Å². The molecule has 1 aromatic heterocycles. The van der Waals surface area contributed by atoms with Gasteiger partial charge in [-0.1, -0.05) is 0 Å². The van der Waals surface area contributed by atoms with E-state index in [-0.39, 0.29) is 6.03 Å². The number of anilines is 1. The molecule has 1 aromatic carbocycles. The third kappa shape index (κ3) is 4.00. The number of hydrogen-bond acceptors (Lipinski definition) is 3. The Balaban J connectivity index is 1.54. The number of nitrogens with zero attached hydrogens (tertiary/aromatic N) is 2. The lowest BCUT2D eigenvalue weighted by molar-refractivity contribution is 0.194. The molecule has 1 N–H and O–H groups in total. The number of amides is 2. The fourth-order valence-corrected chi connectivity index (χ4v) is 3.50. The van der Waals surface area contributed by atoms with Crippen molar-refractivity contribution in [1.82, 2.24) is 9.88 Å². The van der Waals surface area contributed by atoms with Crippen molar-refractivity contribution in [2.45, 2.75) is 23.7 Å². The topological polar surface area (TPSA) is 62.3 Å². The first kappa shape index (κ1) is 16.6. The highest BCUT2D eigenvalue weighted by atomic mass is 32.2. The first-order valence-corrected chi connectivity index (χ1v) is 9.58. The molecule has 6 heteroatoms. The molecule has 24 heavy (non-hydrogen) atoms. The molecule has 0 radical (unpaired) electrons. The maximum Gasteiger partial charge on any atom is 0.321 e. The number of nitrogens with one attached hydrogen (secondary N) is 1. The van der Waals surface area contributed by atoms with Crippen LogP contribution in [0.2, 0.25) is 0 Å². The predicted molar refractivity (Wildman–Crippen MR) is 95.6 cm³/mol. The van der Waals surface area contributed by atoms with Crippen LogP contribution in [-0.4, -0.2) is 39.5 Å². The molecule has 126 valence electrons. The second-order valence-corrected chi connectivity index (χ2v) is 7.33. The van der Waals surface area contributed by atoms with E-state index in [4.69, 9.17) is 0 Å². The molecule has 0 bridgehead atoms. The average molecular weight is 343 g/mol. The first-order chi connectivity index (χ1) is 11.6. The number of rotatable bonds is 3. The summed E-state index contributed by atoms with van der Waals surface area (Å²) in [6, 6.07) is 11.2. The SMILES string of the molecule is CS(=O)c1ccc(NC(=O)N2CCC(c3ccncc3)CC2)cc1. The third-order valence-corrected chi connectivity index (χ3v) is 5.33. The van der Waals surface area contributed by atoms with Crippen molar-refractivity contribution in [3.05, 3.63) is 54.4 Å². The van der Waals surface area contributed by atoms with E-state index in [2.05, 4.69) is 22.4 Å². The van der Waals surface area contributed by atoms with Crippen LogP contribution in [0.3, 0.4) is 0 Å². The highest BCUT2D eigenvalue weighted by molar-refractivity contribution is 7.84. The number of aromatic nitrogens is 1. The Morgan fingerprint density at radius 1 is 1.12 bits per heavy atom. The minimum absolute atomic E-state index is 0.0754. The standard InChI is InChI=1S/C18H21N3O2S/c1-24(23)17-4-2-16(3-5-17)20-18(22)21-12-8-15(9-13-21)14-6-10-19-11-7-14/h2-7,10-11,15H,8-9,12-13H2,1H3,(H,20,22). The van der Waals surface area contributed by atoms with Crippen molar-refractivity contribution >= 4 is 22.5 Å². The number of pyridine rings is 1. The van der Waals surface area contributed by atoms with Gasteiger partial charge in [-0.15, -0.1) is 0 Å². The zero-order chi connectivity index (χ0) is 16.9. The molecule has 1 saturated heterocycles. The summed E-state index contributed by atoms with van der Waals surface area (Å²) in [5.41, 5.74) is 2.03. The number of urea groups is 1. The summed E-state index contributed by atoms with van der Waals surface area (Å²) in [6.45, 7) is 1.49. The summed E-state index contributed by atoms with van der Waals surface area (Å²) < 4.78 is 11.4. The molecule has 0 aliphatic carbocycles. The normalized spacial score (nSPS) is 16.6. The third-order valence-electron chi connectivity index (χ3n) is 4.40. The molecule has 3 rings (SSSR count). The van der Waals surface area contributed by atoms with Crippen LogP contribution < -0.4 is 5.32 Å². The Bertz CT molecular complexity index is 711. The number of piperidine rings is 1. The van der Waals surface area contributed by atoms with Crippen molar-refractivity contribution in [2.75, 3.05) is 24.7 Å².